The first kappa shape index (κ1) is 22.7. The summed E-state index contributed by atoms with van der Waals surface area (Å²) < 4.78 is 11.5. The number of nitrogens with one attached hydrogen (secondary N) is 1. The molecule has 0 saturated carbocycles. The average Bonchev–Trinajstić information content (AvgIpc) is 3.32. The number of aryl methyl sites for hydroxylation is 1. The monoisotopic (exact) mass is 437 g/mol. The number of ether oxygens (including phenoxy) is 2. The van der Waals surface area contributed by atoms with Crippen LogP contribution in [0.5, 0.6) is 5.75 Å². The summed E-state index contributed by atoms with van der Waals surface area (Å²) in [6.45, 7) is 8.99. The van der Waals surface area contributed by atoms with Gasteiger partial charge in [0.2, 0.25) is 0 Å². The normalized spacial score (nSPS) is 19.8. The molecule has 2 fully saturated rings. The first-order valence-electron chi connectivity index (χ1n) is 11.9. The van der Waals surface area contributed by atoms with Crippen molar-refractivity contribution in [2.75, 3.05) is 32.8 Å². The van der Waals surface area contributed by atoms with Crippen molar-refractivity contribution < 1.29 is 14.3 Å². The highest BCUT2D eigenvalue weighted by Gasteiger charge is 2.28. The van der Waals surface area contributed by atoms with Crippen LogP contribution < -0.4 is 10.1 Å². The molecule has 1 aromatic heterocycles. The van der Waals surface area contributed by atoms with Crippen molar-refractivity contribution in [2.45, 2.75) is 58.1 Å². The van der Waals surface area contributed by atoms with Crippen molar-refractivity contribution in [1.82, 2.24) is 15.2 Å². The number of benzene rings is 1. The van der Waals surface area contributed by atoms with Crippen molar-refractivity contribution in [3.8, 4) is 5.75 Å². The lowest BCUT2D eigenvalue weighted by atomic mass is 9.89. The van der Waals surface area contributed by atoms with Crippen LogP contribution >= 0.6 is 0 Å². The maximum Gasteiger partial charge on any atom is 0.253 e. The van der Waals surface area contributed by atoms with Gasteiger partial charge in [-0.1, -0.05) is 18.2 Å². The number of para-hydroxylation sites is 1. The Balaban J connectivity index is 1.40. The van der Waals surface area contributed by atoms with Gasteiger partial charge in [-0.05, 0) is 70.8 Å². The SMILES string of the molecule is CCOc1ccccc1CNC(=O)c1ccc(C)nc1C1CCN(CC2CCCO2)CC1. The Morgan fingerprint density at radius 2 is 2.00 bits per heavy atom. The van der Waals surface area contributed by atoms with E-state index in [2.05, 4.69) is 10.2 Å². The van der Waals surface area contributed by atoms with Crippen molar-refractivity contribution in [3.63, 3.8) is 0 Å². The summed E-state index contributed by atoms with van der Waals surface area (Å²) in [6, 6.07) is 11.7. The minimum atomic E-state index is -0.0689. The van der Waals surface area contributed by atoms with Crippen molar-refractivity contribution >= 4 is 5.91 Å². The predicted molar refractivity (Wildman–Crippen MR) is 125 cm³/mol. The standard InChI is InChI=1S/C26H35N3O3/c1-3-31-24-9-5-4-7-21(24)17-27-26(30)23-11-10-19(2)28-25(23)20-12-14-29(15-13-20)18-22-8-6-16-32-22/h4-5,7,9-11,20,22H,3,6,8,12-18H2,1-2H3,(H,27,30). The van der Waals surface area contributed by atoms with Gasteiger partial charge in [0.25, 0.3) is 5.91 Å². The maximum atomic E-state index is 13.1. The lowest BCUT2D eigenvalue weighted by molar-refractivity contribution is 0.0641. The third-order valence-corrected chi connectivity index (χ3v) is 6.48. The van der Waals surface area contributed by atoms with E-state index in [1.54, 1.807) is 0 Å². The second kappa shape index (κ2) is 10.9. The second-order valence-electron chi connectivity index (χ2n) is 8.82. The average molecular weight is 438 g/mol. The molecule has 2 aromatic rings. The highest BCUT2D eigenvalue weighted by atomic mass is 16.5. The quantitative estimate of drug-likeness (QED) is 0.674. The Morgan fingerprint density at radius 1 is 1.19 bits per heavy atom. The van der Waals surface area contributed by atoms with Gasteiger partial charge in [0.05, 0.1) is 24.0 Å². The van der Waals surface area contributed by atoms with E-state index in [1.807, 2.05) is 50.2 Å². The number of piperidine rings is 1. The van der Waals surface area contributed by atoms with Crippen LogP contribution in [0.15, 0.2) is 36.4 Å². The molecule has 32 heavy (non-hydrogen) atoms. The minimum Gasteiger partial charge on any atom is -0.494 e. The summed E-state index contributed by atoms with van der Waals surface area (Å²) in [5, 5.41) is 3.08. The Kier molecular flexibility index (Phi) is 7.76. The molecule has 1 aromatic carbocycles. The number of hydrogen-bond acceptors (Lipinski definition) is 5. The molecule has 2 aliphatic heterocycles. The van der Waals surface area contributed by atoms with E-state index in [9.17, 15) is 4.79 Å². The number of carbonyl (C=O) groups excluding carboxylic acids is 1. The molecular formula is C26H35N3O3. The fourth-order valence-corrected chi connectivity index (χ4v) is 4.76. The van der Waals surface area contributed by atoms with Gasteiger partial charge in [0, 0.05) is 36.9 Å². The van der Waals surface area contributed by atoms with E-state index in [4.69, 9.17) is 14.5 Å². The third kappa shape index (κ3) is 5.67. The summed E-state index contributed by atoms with van der Waals surface area (Å²) >= 11 is 0. The molecule has 0 spiro atoms. The first-order valence-corrected chi connectivity index (χ1v) is 11.9. The molecule has 0 radical (unpaired) electrons. The van der Waals surface area contributed by atoms with Gasteiger partial charge >= 0.3 is 0 Å². The second-order valence-corrected chi connectivity index (χ2v) is 8.82. The highest BCUT2D eigenvalue weighted by Crippen LogP contribution is 2.30. The first-order chi connectivity index (χ1) is 15.6. The number of hydrogen-bond donors (Lipinski definition) is 1. The van der Waals surface area contributed by atoms with Crippen molar-refractivity contribution in [3.05, 3.63) is 58.9 Å². The van der Waals surface area contributed by atoms with E-state index in [0.717, 1.165) is 61.8 Å². The molecule has 172 valence electrons. The van der Waals surface area contributed by atoms with E-state index in [-0.39, 0.29) is 5.91 Å². The lowest BCUT2D eigenvalue weighted by Crippen LogP contribution is -2.38. The Labute approximate surface area is 191 Å². The fraction of sp³-hybridized carbons (Fsp3) is 0.538. The molecule has 3 heterocycles. The van der Waals surface area contributed by atoms with Crippen LogP contribution in [0.3, 0.4) is 0 Å². The van der Waals surface area contributed by atoms with Crippen LogP contribution in [0.4, 0.5) is 0 Å². The third-order valence-electron chi connectivity index (χ3n) is 6.48. The molecule has 1 unspecified atom stereocenters. The van der Waals surface area contributed by atoms with Crippen LogP contribution in [0.2, 0.25) is 0 Å². The molecule has 0 aliphatic carbocycles. The zero-order chi connectivity index (χ0) is 22.3. The number of carbonyl (C=O) groups is 1. The maximum absolute atomic E-state index is 13.1. The predicted octanol–water partition coefficient (Wildman–Crippen LogP) is 4.08. The summed E-state index contributed by atoms with van der Waals surface area (Å²) in [4.78, 5) is 20.5. The Morgan fingerprint density at radius 3 is 2.75 bits per heavy atom. The molecular weight excluding hydrogens is 402 g/mol. The summed E-state index contributed by atoms with van der Waals surface area (Å²) in [6.07, 6.45) is 4.80. The van der Waals surface area contributed by atoms with E-state index >= 15 is 0 Å². The van der Waals surface area contributed by atoms with Crippen LogP contribution in [-0.4, -0.2) is 54.7 Å². The van der Waals surface area contributed by atoms with Crippen LogP contribution in [-0.2, 0) is 11.3 Å². The van der Waals surface area contributed by atoms with Gasteiger partial charge in [-0.25, -0.2) is 0 Å². The van der Waals surface area contributed by atoms with Gasteiger partial charge in [0.15, 0.2) is 0 Å². The van der Waals surface area contributed by atoms with Gasteiger partial charge < -0.3 is 19.7 Å². The number of rotatable bonds is 8. The molecule has 6 heteroatoms. The lowest BCUT2D eigenvalue weighted by Gasteiger charge is -2.33. The molecule has 0 bridgehead atoms. The summed E-state index contributed by atoms with van der Waals surface area (Å²) in [5.74, 6) is 1.06. The zero-order valence-corrected chi connectivity index (χ0v) is 19.3. The largest absolute Gasteiger partial charge is 0.494 e. The molecule has 1 atom stereocenters. The molecule has 1 amide bonds. The van der Waals surface area contributed by atoms with Gasteiger partial charge in [-0.15, -0.1) is 0 Å². The smallest absolute Gasteiger partial charge is 0.253 e. The molecule has 4 rings (SSSR count). The number of nitrogens with zero attached hydrogens (tertiary/aromatic N) is 2. The Hall–Kier alpha value is -2.44. The molecule has 2 saturated heterocycles. The van der Waals surface area contributed by atoms with Crippen LogP contribution in [0, 0.1) is 6.92 Å². The van der Waals surface area contributed by atoms with E-state index < -0.39 is 0 Å². The summed E-state index contributed by atoms with van der Waals surface area (Å²) in [5.41, 5.74) is 3.58. The fourth-order valence-electron chi connectivity index (χ4n) is 4.76. The number of aromatic nitrogens is 1. The van der Waals surface area contributed by atoms with Gasteiger partial charge in [0.1, 0.15) is 5.75 Å². The van der Waals surface area contributed by atoms with Gasteiger partial charge in [-0.2, -0.15) is 0 Å². The van der Waals surface area contributed by atoms with Crippen molar-refractivity contribution in [1.29, 1.82) is 0 Å². The van der Waals surface area contributed by atoms with Crippen molar-refractivity contribution in [2.24, 2.45) is 0 Å². The van der Waals surface area contributed by atoms with Gasteiger partial charge in [-0.3, -0.25) is 9.78 Å². The number of likely N-dealkylation sites (tertiary alicyclic amines) is 1. The molecule has 2 aliphatic rings. The topological polar surface area (TPSA) is 63.7 Å². The molecule has 6 nitrogen and oxygen atoms in total. The number of amides is 1. The van der Waals surface area contributed by atoms with Crippen LogP contribution in [0.1, 0.15) is 65.8 Å². The zero-order valence-electron chi connectivity index (χ0n) is 19.3. The van der Waals surface area contributed by atoms with E-state index in [0.29, 0.717) is 30.7 Å². The highest BCUT2D eigenvalue weighted by molar-refractivity contribution is 5.95. The summed E-state index contributed by atoms with van der Waals surface area (Å²) in [7, 11) is 0. The van der Waals surface area contributed by atoms with E-state index in [1.165, 1.54) is 12.8 Å². The Bertz CT molecular complexity index is 903. The minimum absolute atomic E-state index is 0.0689. The molecule has 1 N–H and O–H groups in total. The number of pyridine rings is 1. The van der Waals surface area contributed by atoms with Crippen LogP contribution in [0.25, 0.3) is 0 Å².